The molecule has 0 aromatic rings. The molecule has 6 heteroatoms. The Bertz CT molecular complexity index is 339. The number of hydrogen-bond donors (Lipinski definition) is 0. The number of amides is 2. The van der Waals surface area contributed by atoms with Gasteiger partial charge < -0.3 is 9.80 Å². The summed E-state index contributed by atoms with van der Waals surface area (Å²) < 4.78 is 22.5. The minimum atomic E-state index is -2.92. The Balaban J connectivity index is 2.63. The molecule has 0 spiro atoms. The van der Waals surface area contributed by atoms with Gasteiger partial charge in [0.1, 0.15) is 0 Å². The van der Waals surface area contributed by atoms with E-state index in [4.69, 9.17) is 0 Å². The molecule has 0 aromatic heterocycles. The van der Waals surface area contributed by atoms with Crippen LogP contribution in [0.15, 0.2) is 0 Å². The van der Waals surface area contributed by atoms with Crippen molar-refractivity contribution in [2.45, 2.75) is 19.4 Å². The molecule has 1 heterocycles. The van der Waals surface area contributed by atoms with E-state index in [-0.39, 0.29) is 23.6 Å². The van der Waals surface area contributed by atoms with Crippen LogP contribution in [0.3, 0.4) is 0 Å². The summed E-state index contributed by atoms with van der Waals surface area (Å²) >= 11 is 0. The van der Waals surface area contributed by atoms with Gasteiger partial charge in [-0.3, -0.25) is 0 Å². The molecule has 15 heavy (non-hydrogen) atoms. The molecule has 1 aliphatic heterocycles. The maximum absolute atomic E-state index is 11.7. The molecule has 1 fully saturated rings. The van der Waals surface area contributed by atoms with Crippen LogP contribution in [0, 0.1) is 0 Å². The normalized spacial score (nSPS) is 23.8. The van der Waals surface area contributed by atoms with E-state index in [0.29, 0.717) is 13.0 Å². The van der Waals surface area contributed by atoms with Gasteiger partial charge in [-0.2, -0.15) is 0 Å². The maximum Gasteiger partial charge on any atom is 0.319 e. The van der Waals surface area contributed by atoms with E-state index in [0.717, 1.165) is 0 Å². The Labute approximate surface area is 91.0 Å². The predicted molar refractivity (Wildman–Crippen MR) is 58.5 cm³/mol. The fourth-order valence-corrected chi connectivity index (χ4v) is 3.42. The van der Waals surface area contributed by atoms with Crippen molar-refractivity contribution in [3.8, 4) is 0 Å². The highest BCUT2D eigenvalue weighted by molar-refractivity contribution is 7.91. The zero-order valence-electron chi connectivity index (χ0n) is 9.43. The van der Waals surface area contributed by atoms with Gasteiger partial charge in [0, 0.05) is 26.7 Å². The molecule has 2 amide bonds. The molecule has 1 atom stereocenters. The van der Waals surface area contributed by atoms with Gasteiger partial charge in [-0.05, 0) is 13.3 Å². The molecule has 0 radical (unpaired) electrons. The lowest BCUT2D eigenvalue weighted by Crippen LogP contribution is -2.44. The van der Waals surface area contributed by atoms with Crippen LogP contribution in [0.2, 0.25) is 0 Å². The smallest absolute Gasteiger partial charge is 0.319 e. The standard InChI is InChI=1S/C9H18N2O3S/c1-4-10(2)9(12)11(3)8-5-6-15(13,14)7-8/h8H,4-7H2,1-3H3. The largest absolute Gasteiger partial charge is 0.328 e. The van der Waals surface area contributed by atoms with Crippen molar-refractivity contribution in [1.29, 1.82) is 0 Å². The van der Waals surface area contributed by atoms with E-state index >= 15 is 0 Å². The number of hydrogen-bond acceptors (Lipinski definition) is 3. The summed E-state index contributed by atoms with van der Waals surface area (Å²) in [6, 6.07) is -0.267. The highest BCUT2D eigenvalue weighted by Gasteiger charge is 2.33. The fourth-order valence-electron chi connectivity index (χ4n) is 1.64. The van der Waals surface area contributed by atoms with Crippen molar-refractivity contribution in [2.75, 3.05) is 32.1 Å². The van der Waals surface area contributed by atoms with Crippen molar-refractivity contribution in [2.24, 2.45) is 0 Å². The highest BCUT2D eigenvalue weighted by Crippen LogP contribution is 2.17. The van der Waals surface area contributed by atoms with Crippen molar-refractivity contribution in [3.05, 3.63) is 0 Å². The number of nitrogens with zero attached hydrogens (tertiary/aromatic N) is 2. The lowest BCUT2D eigenvalue weighted by Gasteiger charge is -2.28. The molecule has 88 valence electrons. The van der Waals surface area contributed by atoms with Gasteiger partial charge in [0.2, 0.25) is 0 Å². The molecule has 0 N–H and O–H groups in total. The van der Waals surface area contributed by atoms with E-state index in [1.807, 2.05) is 6.92 Å². The van der Waals surface area contributed by atoms with Crippen molar-refractivity contribution >= 4 is 15.9 Å². The second-order valence-corrected chi connectivity index (χ2v) is 6.19. The third-order valence-electron chi connectivity index (χ3n) is 2.86. The summed E-state index contributed by atoms with van der Waals surface area (Å²) in [7, 11) is 0.458. The van der Waals surface area contributed by atoms with E-state index in [9.17, 15) is 13.2 Å². The first-order valence-electron chi connectivity index (χ1n) is 5.05. The topological polar surface area (TPSA) is 57.7 Å². The van der Waals surface area contributed by atoms with Crippen LogP contribution in [0.25, 0.3) is 0 Å². The zero-order valence-corrected chi connectivity index (χ0v) is 10.2. The Hall–Kier alpha value is -0.780. The van der Waals surface area contributed by atoms with Crippen LogP contribution in [0.1, 0.15) is 13.3 Å². The van der Waals surface area contributed by atoms with E-state index < -0.39 is 9.84 Å². The molecular formula is C9H18N2O3S. The van der Waals surface area contributed by atoms with Crippen LogP contribution in [-0.2, 0) is 9.84 Å². The van der Waals surface area contributed by atoms with E-state index in [2.05, 4.69) is 0 Å². The first kappa shape index (κ1) is 12.3. The summed E-state index contributed by atoms with van der Waals surface area (Å²) in [6.07, 6.45) is 0.558. The third kappa shape index (κ3) is 2.84. The molecule has 1 rings (SSSR count). The predicted octanol–water partition coefficient (Wildman–Crippen LogP) is 0.177. The number of carbonyl (C=O) groups excluding carboxylic acids is 1. The van der Waals surface area contributed by atoms with Gasteiger partial charge in [-0.1, -0.05) is 0 Å². The number of sulfone groups is 1. The van der Waals surface area contributed by atoms with Crippen molar-refractivity contribution in [3.63, 3.8) is 0 Å². The van der Waals surface area contributed by atoms with Gasteiger partial charge in [-0.15, -0.1) is 0 Å². The SMILES string of the molecule is CCN(C)C(=O)N(C)C1CCS(=O)(=O)C1. The monoisotopic (exact) mass is 234 g/mol. The summed E-state index contributed by atoms with van der Waals surface area (Å²) in [6.45, 7) is 2.51. The molecule has 5 nitrogen and oxygen atoms in total. The second-order valence-electron chi connectivity index (χ2n) is 3.96. The number of rotatable bonds is 2. The average Bonchev–Trinajstić information content (AvgIpc) is 2.55. The minimum Gasteiger partial charge on any atom is -0.328 e. The first-order chi connectivity index (χ1) is 6.87. The number of urea groups is 1. The van der Waals surface area contributed by atoms with E-state index in [1.54, 1.807) is 19.0 Å². The third-order valence-corrected chi connectivity index (χ3v) is 4.61. The molecule has 1 unspecified atom stereocenters. The van der Waals surface area contributed by atoms with Crippen LogP contribution in [0.4, 0.5) is 4.79 Å². The second kappa shape index (κ2) is 4.38. The van der Waals surface area contributed by atoms with Crippen LogP contribution < -0.4 is 0 Å². The molecular weight excluding hydrogens is 216 g/mol. The average molecular weight is 234 g/mol. The molecule has 0 bridgehead atoms. The molecule has 0 saturated carbocycles. The Morgan fingerprint density at radius 1 is 1.40 bits per heavy atom. The zero-order chi connectivity index (χ0) is 11.6. The fraction of sp³-hybridized carbons (Fsp3) is 0.889. The van der Waals surface area contributed by atoms with Crippen LogP contribution in [-0.4, -0.2) is 62.4 Å². The summed E-state index contributed by atoms with van der Waals surface area (Å²) in [5.41, 5.74) is 0. The van der Waals surface area contributed by atoms with Gasteiger partial charge >= 0.3 is 6.03 Å². The summed E-state index contributed by atoms with van der Waals surface area (Å²) in [4.78, 5) is 14.8. The lowest BCUT2D eigenvalue weighted by atomic mass is 10.2. The van der Waals surface area contributed by atoms with Gasteiger partial charge in [-0.25, -0.2) is 13.2 Å². The Morgan fingerprint density at radius 3 is 2.40 bits per heavy atom. The summed E-state index contributed by atoms with van der Waals surface area (Å²) in [5.74, 6) is 0.303. The first-order valence-corrected chi connectivity index (χ1v) is 6.88. The molecule has 1 saturated heterocycles. The van der Waals surface area contributed by atoms with Gasteiger partial charge in [0.25, 0.3) is 0 Å². The Morgan fingerprint density at radius 2 is 2.00 bits per heavy atom. The minimum absolute atomic E-state index is 0.104. The van der Waals surface area contributed by atoms with Gasteiger partial charge in [0.15, 0.2) is 9.84 Å². The van der Waals surface area contributed by atoms with Gasteiger partial charge in [0.05, 0.1) is 11.5 Å². The molecule has 0 aliphatic carbocycles. The highest BCUT2D eigenvalue weighted by atomic mass is 32.2. The summed E-state index contributed by atoms with van der Waals surface area (Å²) in [5, 5.41) is 0. The van der Waals surface area contributed by atoms with E-state index in [1.165, 1.54) is 4.90 Å². The van der Waals surface area contributed by atoms with Crippen LogP contribution >= 0.6 is 0 Å². The van der Waals surface area contributed by atoms with Crippen LogP contribution in [0.5, 0.6) is 0 Å². The van der Waals surface area contributed by atoms with Crippen molar-refractivity contribution < 1.29 is 13.2 Å². The molecule has 1 aliphatic rings. The lowest BCUT2D eigenvalue weighted by molar-refractivity contribution is 0.162. The van der Waals surface area contributed by atoms with Crippen molar-refractivity contribution in [1.82, 2.24) is 9.80 Å². The number of carbonyl (C=O) groups is 1. The maximum atomic E-state index is 11.7. The quantitative estimate of drug-likeness (QED) is 0.684. The Kier molecular flexibility index (Phi) is 3.59. The molecule has 0 aromatic carbocycles.